The Hall–Kier alpha value is -3.46. The number of nitro groups is 1. The van der Waals surface area contributed by atoms with E-state index in [0.29, 0.717) is 11.5 Å². The topological polar surface area (TPSA) is 91.7 Å². The Morgan fingerprint density at radius 1 is 1.03 bits per heavy atom. The number of nitro benzene ring substituents is 1. The Kier molecular flexibility index (Phi) is 5.37. The van der Waals surface area contributed by atoms with Crippen molar-refractivity contribution < 1.29 is 4.92 Å². The van der Waals surface area contributed by atoms with Gasteiger partial charge >= 0.3 is 0 Å². The first-order chi connectivity index (χ1) is 14.4. The smallest absolute Gasteiger partial charge is 0.269 e. The van der Waals surface area contributed by atoms with E-state index >= 15 is 0 Å². The highest BCUT2D eigenvalue weighted by molar-refractivity contribution is 7.98. The summed E-state index contributed by atoms with van der Waals surface area (Å²) < 4.78 is 3.67. The summed E-state index contributed by atoms with van der Waals surface area (Å²) in [5, 5.41) is 25.0. The summed E-state index contributed by atoms with van der Waals surface area (Å²) >= 11 is 1.62. The molecular weight excluding hydrogens is 400 g/mol. The van der Waals surface area contributed by atoms with Gasteiger partial charge in [0.05, 0.1) is 10.6 Å². The van der Waals surface area contributed by atoms with Crippen molar-refractivity contribution in [3.63, 3.8) is 0 Å². The predicted molar refractivity (Wildman–Crippen MR) is 116 cm³/mol. The Morgan fingerprint density at radius 3 is 2.40 bits per heavy atom. The molecule has 0 N–H and O–H groups in total. The van der Waals surface area contributed by atoms with Gasteiger partial charge in [-0.15, -0.1) is 10.2 Å². The molecule has 0 saturated heterocycles. The first-order valence-electron chi connectivity index (χ1n) is 9.32. The first-order valence-corrected chi connectivity index (χ1v) is 10.3. The molecule has 4 rings (SSSR count). The van der Waals surface area contributed by atoms with E-state index in [1.54, 1.807) is 28.6 Å². The Bertz CT molecular complexity index is 1200. The highest BCUT2D eigenvalue weighted by Crippen LogP contribution is 2.26. The van der Waals surface area contributed by atoms with Gasteiger partial charge in [0.25, 0.3) is 5.69 Å². The molecule has 0 spiro atoms. The van der Waals surface area contributed by atoms with Crippen LogP contribution in [-0.2, 0) is 12.8 Å². The molecule has 0 radical (unpaired) electrons. The third-order valence-corrected chi connectivity index (χ3v) is 5.84. The summed E-state index contributed by atoms with van der Waals surface area (Å²) in [7, 11) is 1.92. The predicted octanol–water partition coefficient (Wildman–Crippen LogP) is 4.49. The maximum atomic E-state index is 10.9. The number of rotatable bonds is 6. The van der Waals surface area contributed by atoms with Gasteiger partial charge in [0.1, 0.15) is 5.69 Å². The minimum Gasteiger partial charge on any atom is -0.304 e. The van der Waals surface area contributed by atoms with Crippen LogP contribution in [-0.4, -0.2) is 29.5 Å². The van der Waals surface area contributed by atoms with Crippen LogP contribution in [0.4, 0.5) is 5.69 Å². The Balaban J connectivity index is 1.55. The highest BCUT2D eigenvalue weighted by atomic mass is 32.2. The molecule has 2 aromatic carbocycles. The van der Waals surface area contributed by atoms with Crippen LogP contribution in [0.15, 0.2) is 59.8 Å². The largest absolute Gasteiger partial charge is 0.304 e. The Morgan fingerprint density at radius 2 is 1.73 bits per heavy atom. The summed E-state index contributed by atoms with van der Waals surface area (Å²) in [6, 6.07) is 16.7. The van der Waals surface area contributed by atoms with E-state index < -0.39 is 4.92 Å². The molecule has 0 bridgehead atoms. The SMILES string of the molecule is Cc1ccc(CSc2nnc(-c3cc(C)n(-c4ccc([N+](=O)[O-])cc4)n3)n2C)cc1. The van der Waals surface area contributed by atoms with Gasteiger partial charge in [0.15, 0.2) is 11.0 Å². The zero-order valence-corrected chi connectivity index (χ0v) is 17.6. The standard InChI is InChI=1S/C21H20N6O2S/c1-14-4-6-16(7-5-14)13-30-21-23-22-20(25(21)3)19-12-15(2)26(24-19)17-8-10-18(11-9-17)27(28)29/h4-12H,13H2,1-3H3. The molecule has 2 heterocycles. The highest BCUT2D eigenvalue weighted by Gasteiger charge is 2.16. The summed E-state index contributed by atoms with van der Waals surface area (Å²) in [5.41, 5.74) is 4.86. The fraction of sp³-hybridized carbons (Fsp3) is 0.190. The van der Waals surface area contributed by atoms with Crippen molar-refractivity contribution in [3.05, 3.63) is 81.5 Å². The van der Waals surface area contributed by atoms with E-state index in [2.05, 4.69) is 46.5 Å². The summed E-state index contributed by atoms with van der Waals surface area (Å²) in [4.78, 5) is 10.5. The Labute approximate surface area is 177 Å². The second-order valence-corrected chi connectivity index (χ2v) is 7.94. The molecule has 0 unspecified atom stereocenters. The minimum atomic E-state index is -0.416. The molecular formula is C21H20N6O2S. The van der Waals surface area contributed by atoms with Crippen molar-refractivity contribution in [3.8, 4) is 17.2 Å². The third-order valence-electron chi connectivity index (χ3n) is 4.75. The molecule has 0 saturated carbocycles. The van der Waals surface area contributed by atoms with E-state index in [0.717, 1.165) is 22.3 Å². The number of hydrogen-bond acceptors (Lipinski definition) is 6. The van der Waals surface area contributed by atoms with Gasteiger partial charge in [0, 0.05) is 30.6 Å². The van der Waals surface area contributed by atoms with E-state index in [4.69, 9.17) is 0 Å². The summed E-state index contributed by atoms with van der Waals surface area (Å²) in [6.07, 6.45) is 0. The number of thioether (sulfide) groups is 1. The van der Waals surface area contributed by atoms with Crippen molar-refractivity contribution >= 4 is 17.4 Å². The fourth-order valence-corrected chi connectivity index (χ4v) is 3.92. The monoisotopic (exact) mass is 420 g/mol. The maximum absolute atomic E-state index is 10.9. The zero-order chi connectivity index (χ0) is 21.3. The lowest BCUT2D eigenvalue weighted by molar-refractivity contribution is -0.384. The molecule has 0 aliphatic heterocycles. The molecule has 0 aliphatic rings. The molecule has 8 nitrogen and oxygen atoms in total. The second kappa shape index (κ2) is 8.11. The molecule has 0 amide bonds. The molecule has 0 atom stereocenters. The van der Waals surface area contributed by atoms with Crippen LogP contribution in [0, 0.1) is 24.0 Å². The van der Waals surface area contributed by atoms with Crippen molar-refractivity contribution in [2.24, 2.45) is 7.05 Å². The lowest BCUT2D eigenvalue weighted by Gasteiger charge is -2.04. The molecule has 30 heavy (non-hydrogen) atoms. The second-order valence-electron chi connectivity index (χ2n) is 7.00. The maximum Gasteiger partial charge on any atom is 0.269 e. The van der Waals surface area contributed by atoms with Crippen molar-refractivity contribution in [1.29, 1.82) is 0 Å². The van der Waals surface area contributed by atoms with Crippen LogP contribution >= 0.6 is 11.8 Å². The summed E-state index contributed by atoms with van der Waals surface area (Å²) in [5.74, 6) is 1.48. The van der Waals surface area contributed by atoms with Crippen molar-refractivity contribution in [2.75, 3.05) is 0 Å². The van der Waals surface area contributed by atoms with Crippen molar-refractivity contribution in [1.82, 2.24) is 24.5 Å². The summed E-state index contributed by atoms with van der Waals surface area (Å²) in [6.45, 7) is 4.00. The normalized spacial score (nSPS) is 11.0. The number of non-ortho nitro benzene ring substituents is 1. The van der Waals surface area contributed by atoms with Gasteiger partial charge in [-0.2, -0.15) is 5.10 Å². The zero-order valence-electron chi connectivity index (χ0n) is 16.8. The average Bonchev–Trinajstić information content (AvgIpc) is 3.30. The number of aryl methyl sites for hydroxylation is 2. The quantitative estimate of drug-likeness (QED) is 0.259. The van der Waals surface area contributed by atoms with Crippen molar-refractivity contribution in [2.45, 2.75) is 24.8 Å². The van der Waals surface area contributed by atoms with Crippen LogP contribution in [0.3, 0.4) is 0 Å². The lowest BCUT2D eigenvalue weighted by atomic mass is 10.2. The number of hydrogen-bond donors (Lipinski definition) is 0. The van der Waals surface area contributed by atoms with Gasteiger partial charge < -0.3 is 4.57 Å². The minimum absolute atomic E-state index is 0.0485. The molecule has 152 valence electrons. The van der Waals surface area contributed by atoms with Crippen LogP contribution in [0.1, 0.15) is 16.8 Å². The fourth-order valence-electron chi connectivity index (χ4n) is 3.06. The van der Waals surface area contributed by atoms with Gasteiger partial charge in [-0.3, -0.25) is 10.1 Å². The van der Waals surface area contributed by atoms with Gasteiger partial charge in [-0.25, -0.2) is 4.68 Å². The molecule has 0 aliphatic carbocycles. The number of nitrogens with zero attached hydrogens (tertiary/aromatic N) is 6. The number of aromatic nitrogens is 5. The average molecular weight is 420 g/mol. The van der Waals surface area contributed by atoms with E-state index in [1.165, 1.54) is 23.3 Å². The molecule has 9 heteroatoms. The van der Waals surface area contributed by atoms with Crippen LogP contribution in [0.5, 0.6) is 0 Å². The third kappa shape index (κ3) is 3.97. The molecule has 2 aromatic heterocycles. The number of benzene rings is 2. The molecule has 4 aromatic rings. The van der Waals surface area contributed by atoms with E-state index in [1.807, 2.05) is 24.6 Å². The van der Waals surface area contributed by atoms with Gasteiger partial charge in [0.2, 0.25) is 0 Å². The molecule has 0 fully saturated rings. The van der Waals surface area contributed by atoms with Crippen LogP contribution in [0.2, 0.25) is 0 Å². The first kappa shape index (κ1) is 19.8. The van der Waals surface area contributed by atoms with E-state index in [9.17, 15) is 10.1 Å². The lowest BCUT2D eigenvalue weighted by Crippen LogP contribution is -2.00. The van der Waals surface area contributed by atoms with Gasteiger partial charge in [-0.05, 0) is 37.6 Å². The van der Waals surface area contributed by atoms with Crippen LogP contribution in [0.25, 0.3) is 17.2 Å². The van der Waals surface area contributed by atoms with Crippen LogP contribution < -0.4 is 0 Å². The van der Waals surface area contributed by atoms with E-state index in [-0.39, 0.29) is 5.69 Å². The van der Waals surface area contributed by atoms with Gasteiger partial charge in [-0.1, -0.05) is 41.6 Å².